The average molecular weight is 352 g/mol. The third-order valence-corrected chi connectivity index (χ3v) is 3.54. The lowest BCUT2D eigenvalue weighted by molar-refractivity contribution is -0.384. The van der Waals surface area contributed by atoms with Crippen molar-refractivity contribution in [1.29, 1.82) is 0 Å². The Kier molecular flexibility index (Phi) is 5.28. The van der Waals surface area contributed by atoms with Crippen molar-refractivity contribution in [3.8, 4) is 23.1 Å². The Bertz CT molecular complexity index is 862. The molecule has 0 spiro atoms. The van der Waals surface area contributed by atoms with Crippen molar-refractivity contribution < 1.29 is 19.1 Å². The highest BCUT2D eigenvalue weighted by Gasteiger charge is 2.06. The zero-order chi connectivity index (χ0) is 18.4. The van der Waals surface area contributed by atoms with Gasteiger partial charge in [0.25, 0.3) is 5.69 Å². The molecule has 0 saturated heterocycles. The van der Waals surface area contributed by atoms with Crippen molar-refractivity contribution >= 4 is 5.69 Å². The van der Waals surface area contributed by atoms with Gasteiger partial charge >= 0.3 is 0 Å². The molecule has 0 fully saturated rings. The van der Waals surface area contributed by atoms with Crippen LogP contribution in [0.3, 0.4) is 0 Å². The molecular weight excluding hydrogens is 336 g/mol. The van der Waals surface area contributed by atoms with Gasteiger partial charge in [0.2, 0.25) is 5.88 Å². The molecule has 3 aromatic rings. The quantitative estimate of drug-likeness (QED) is 0.464. The van der Waals surface area contributed by atoms with E-state index < -0.39 is 4.92 Å². The van der Waals surface area contributed by atoms with E-state index in [9.17, 15) is 10.1 Å². The molecule has 0 unspecified atom stereocenters. The number of rotatable bonds is 7. The van der Waals surface area contributed by atoms with Gasteiger partial charge in [0, 0.05) is 18.2 Å². The van der Waals surface area contributed by atoms with E-state index in [1.54, 1.807) is 19.2 Å². The van der Waals surface area contributed by atoms with Crippen molar-refractivity contribution in [3.05, 3.63) is 82.5 Å². The first kappa shape index (κ1) is 17.2. The lowest BCUT2D eigenvalue weighted by Gasteiger charge is -2.08. The van der Waals surface area contributed by atoms with Gasteiger partial charge in [-0.3, -0.25) is 10.1 Å². The molecule has 0 aliphatic rings. The first-order chi connectivity index (χ1) is 12.6. The molecule has 3 rings (SSSR count). The number of ether oxygens (including phenoxy) is 3. The minimum atomic E-state index is -0.458. The lowest BCUT2D eigenvalue weighted by atomic mass is 10.2. The number of nitro groups is 1. The first-order valence-electron chi connectivity index (χ1n) is 7.78. The fourth-order valence-corrected chi connectivity index (χ4v) is 2.16. The maximum Gasteiger partial charge on any atom is 0.269 e. The standard InChI is InChI=1S/C19H16N2O5/c1-24-16-6-2-14(3-7-16)13-25-19-11-10-18(12-20-19)26-17-8-4-15(5-9-17)21(22)23/h2-12H,13H2,1H3. The topological polar surface area (TPSA) is 83.7 Å². The van der Waals surface area contributed by atoms with Crippen LogP contribution in [0.25, 0.3) is 0 Å². The monoisotopic (exact) mass is 352 g/mol. The Labute approximate surface area is 149 Å². The molecule has 132 valence electrons. The molecule has 0 aliphatic heterocycles. The van der Waals surface area contributed by atoms with E-state index in [0.29, 0.717) is 24.0 Å². The van der Waals surface area contributed by atoms with E-state index in [1.165, 1.54) is 30.5 Å². The van der Waals surface area contributed by atoms with Crippen LogP contribution in [0.4, 0.5) is 5.69 Å². The highest BCUT2D eigenvalue weighted by molar-refractivity contribution is 5.38. The average Bonchev–Trinajstić information content (AvgIpc) is 2.68. The van der Waals surface area contributed by atoms with Crippen LogP contribution >= 0.6 is 0 Å². The summed E-state index contributed by atoms with van der Waals surface area (Å²) in [5.74, 6) is 2.26. The summed E-state index contributed by atoms with van der Waals surface area (Å²) in [5, 5.41) is 10.6. The summed E-state index contributed by atoms with van der Waals surface area (Å²) in [5.41, 5.74) is 1.01. The predicted octanol–water partition coefficient (Wildman–Crippen LogP) is 4.37. The van der Waals surface area contributed by atoms with Gasteiger partial charge < -0.3 is 14.2 Å². The molecule has 0 saturated carbocycles. The number of nitrogens with zero attached hydrogens (tertiary/aromatic N) is 2. The fraction of sp³-hybridized carbons (Fsp3) is 0.105. The second-order valence-corrected chi connectivity index (χ2v) is 5.32. The minimum absolute atomic E-state index is 0.0118. The van der Waals surface area contributed by atoms with E-state index in [1.807, 2.05) is 24.3 Å². The Morgan fingerprint density at radius 3 is 2.15 bits per heavy atom. The van der Waals surface area contributed by atoms with Gasteiger partial charge in [0.15, 0.2) is 0 Å². The summed E-state index contributed by atoms with van der Waals surface area (Å²) in [7, 11) is 1.62. The van der Waals surface area contributed by atoms with E-state index in [2.05, 4.69) is 4.98 Å². The molecule has 1 aromatic heterocycles. The predicted molar refractivity (Wildman–Crippen MR) is 94.7 cm³/mol. The summed E-state index contributed by atoms with van der Waals surface area (Å²) >= 11 is 0. The molecule has 0 atom stereocenters. The molecule has 26 heavy (non-hydrogen) atoms. The molecule has 0 N–H and O–H groups in total. The number of aromatic nitrogens is 1. The fourth-order valence-electron chi connectivity index (χ4n) is 2.16. The molecule has 0 radical (unpaired) electrons. The highest BCUT2D eigenvalue weighted by Crippen LogP contribution is 2.24. The summed E-state index contributed by atoms with van der Waals surface area (Å²) in [4.78, 5) is 14.4. The highest BCUT2D eigenvalue weighted by atomic mass is 16.6. The van der Waals surface area contributed by atoms with Gasteiger partial charge in [-0.1, -0.05) is 12.1 Å². The third-order valence-electron chi connectivity index (χ3n) is 3.54. The number of non-ortho nitro benzene ring substituents is 1. The maximum absolute atomic E-state index is 10.6. The van der Waals surface area contributed by atoms with Gasteiger partial charge in [0.05, 0.1) is 18.2 Å². The summed E-state index contributed by atoms with van der Waals surface area (Å²) in [6.45, 7) is 0.388. The molecule has 2 aromatic carbocycles. The molecular formula is C19H16N2O5. The van der Waals surface area contributed by atoms with Gasteiger partial charge in [0.1, 0.15) is 23.9 Å². The number of hydrogen-bond donors (Lipinski definition) is 0. The molecule has 0 amide bonds. The number of methoxy groups -OCH3 is 1. The SMILES string of the molecule is COc1ccc(COc2ccc(Oc3ccc([N+](=O)[O-])cc3)cn2)cc1. The van der Waals surface area contributed by atoms with Crippen LogP contribution < -0.4 is 14.2 Å². The zero-order valence-corrected chi connectivity index (χ0v) is 14.0. The molecule has 1 heterocycles. The van der Waals surface area contributed by atoms with Crippen molar-refractivity contribution in [2.24, 2.45) is 0 Å². The number of pyridine rings is 1. The number of nitro benzene ring substituents is 1. The van der Waals surface area contributed by atoms with Gasteiger partial charge in [-0.2, -0.15) is 0 Å². The van der Waals surface area contributed by atoms with Gasteiger partial charge in [-0.25, -0.2) is 4.98 Å². The van der Waals surface area contributed by atoms with Crippen LogP contribution in [0, 0.1) is 10.1 Å². The molecule has 0 aliphatic carbocycles. The second kappa shape index (κ2) is 7.98. The Morgan fingerprint density at radius 2 is 1.58 bits per heavy atom. The van der Waals surface area contributed by atoms with Crippen molar-refractivity contribution in [3.63, 3.8) is 0 Å². The van der Waals surface area contributed by atoms with Crippen molar-refractivity contribution in [2.45, 2.75) is 6.61 Å². The van der Waals surface area contributed by atoms with E-state index in [4.69, 9.17) is 14.2 Å². The molecule has 7 heteroatoms. The smallest absolute Gasteiger partial charge is 0.269 e. The second-order valence-electron chi connectivity index (χ2n) is 5.32. The molecule has 0 bridgehead atoms. The summed E-state index contributed by atoms with van der Waals surface area (Å²) < 4.78 is 16.3. The largest absolute Gasteiger partial charge is 0.497 e. The number of hydrogen-bond acceptors (Lipinski definition) is 6. The van der Waals surface area contributed by atoms with Crippen LogP contribution in [0.2, 0.25) is 0 Å². The van der Waals surface area contributed by atoms with E-state index >= 15 is 0 Å². The normalized spacial score (nSPS) is 10.2. The van der Waals surface area contributed by atoms with Crippen molar-refractivity contribution in [1.82, 2.24) is 4.98 Å². The Morgan fingerprint density at radius 1 is 0.923 bits per heavy atom. The number of benzene rings is 2. The van der Waals surface area contributed by atoms with Gasteiger partial charge in [-0.05, 0) is 35.9 Å². The van der Waals surface area contributed by atoms with Crippen molar-refractivity contribution in [2.75, 3.05) is 7.11 Å². The lowest BCUT2D eigenvalue weighted by Crippen LogP contribution is -1.97. The van der Waals surface area contributed by atoms with Crippen LogP contribution in [0.15, 0.2) is 66.9 Å². The third kappa shape index (κ3) is 4.47. The summed E-state index contributed by atoms with van der Waals surface area (Å²) in [6.07, 6.45) is 1.53. The Hall–Kier alpha value is -3.61. The summed E-state index contributed by atoms with van der Waals surface area (Å²) in [6, 6.07) is 16.8. The zero-order valence-electron chi connectivity index (χ0n) is 14.0. The Balaban J connectivity index is 1.56. The molecule has 7 nitrogen and oxygen atoms in total. The van der Waals surface area contributed by atoms with Gasteiger partial charge in [-0.15, -0.1) is 0 Å². The van der Waals surface area contributed by atoms with E-state index in [-0.39, 0.29) is 5.69 Å². The van der Waals surface area contributed by atoms with Crippen LogP contribution in [-0.2, 0) is 6.61 Å². The van der Waals surface area contributed by atoms with E-state index in [0.717, 1.165) is 11.3 Å². The van der Waals surface area contributed by atoms with Crippen LogP contribution in [0.1, 0.15) is 5.56 Å². The van der Waals surface area contributed by atoms with Crippen LogP contribution in [-0.4, -0.2) is 17.0 Å². The first-order valence-corrected chi connectivity index (χ1v) is 7.78. The minimum Gasteiger partial charge on any atom is -0.497 e. The maximum atomic E-state index is 10.6. The van der Waals surface area contributed by atoms with Crippen LogP contribution in [0.5, 0.6) is 23.1 Å².